The number of methoxy groups -OCH3 is 2. The normalized spacial score (nSPS) is 20.0. The molecule has 0 bridgehead atoms. The highest BCUT2D eigenvalue weighted by atomic mass is 16.5. The van der Waals surface area contributed by atoms with E-state index >= 15 is 0 Å². The van der Waals surface area contributed by atoms with Gasteiger partial charge in [0.1, 0.15) is 0 Å². The topological polar surface area (TPSA) is 67.8 Å². The van der Waals surface area contributed by atoms with Gasteiger partial charge in [-0.05, 0) is 43.1 Å². The third kappa shape index (κ3) is 2.81. The second-order valence-electron chi connectivity index (χ2n) is 4.68. The molecule has 5 nitrogen and oxygen atoms in total. The molecule has 0 aromatic heterocycles. The molecule has 2 unspecified atom stereocenters. The van der Waals surface area contributed by atoms with Crippen LogP contribution in [-0.4, -0.2) is 38.4 Å². The molecule has 0 aliphatic carbocycles. The number of carbonyl (C=O) groups is 1. The number of hydrogen-bond acceptors (Lipinski definition) is 4. The molecule has 1 aliphatic heterocycles. The molecule has 0 spiro atoms. The molecule has 2 rings (SSSR count). The molecule has 1 aromatic carbocycles. The molecular weight excluding hydrogens is 246 g/mol. The lowest BCUT2D eigenvalue weighted by Crippen LogP contribution is -2.23. The molecule has 2 N–H and O–H groups in total. The summed E-state index contributed by atoms with van der Waals surface area (Å²) in [5.74, 6) is 0.00321. The van der Waals surface area contributed by atoms with E-state index in [1.54, 1.807) is 32.4 Å². The van der Waals surface area contributed by atoms with Gasteiger partial charge in [-0.2, -0.15) is 0 Å². The number of nitrogens with one attached hydrogen (secondary N) is 1. The van der Waals surface area contributed by atoms with Crippen molar-refractivity contribution in [1.29, 1.82) is 0 Å². The van der Waals surface area contributed by atoms with Gasteiger partial charge >= 0.3 is 5.97 Å². The number of hydrogen-bond donors (Lipinski definition) is 2. The van der Waals surface area contributed by atoms with Crippen LogP contribution in [-0.2, 0) is 4.79 Å². The van der Waals surface area contributed by atoms with Crippen LogP contribution in [0, 0.1) is 5.92 Å². The highest BCUT2D eigenvalue weighted by Gasteiger charge is 2.32. The first kappa shape index (κ1) is 13.7. The van der Waals surface area contributed by atoms with Crippen LogP contribution in [0.4, 0.5) is 0 Å². The van der Waals surface area contributed by atoms with Gasteiger partial charge < -0.3 is 19.9 Å². The zero-order chi connectivity index (χ0) is 13.8. The summed E-state index contributed by atoms with van der Waals surface area (Å²) in [5.41, 5.74) is 0.763. The van der Waals surface area contributed by atoms with Crippen molar-refractivity contribution >= 4 is 5.97 Å². The van der Waals surface area contributed by atoms with Gasteiger partial charge in [0.15, 0.2) is 11.5 Å². The molecule has 0 radical (unpaired) electrons. The number of carboxylic acids is 1. The van der Waals surface area contributed by atoms with Crippen LogP contribution in [0.15, 0.2) is 18.2 Å². The summed E-state index contributed by atoms with van der Waals surface area (Å²) >= 11 is 0. The largest absolute Gasteiger partial charge is 0.493 e. The van der Waals surface area contributed by atoms with Crippen LogP contribution >= 0.6 is 0 Å². The van der Waals surface area contributed by atoms with E-state index in [2.05, 4.69) is 5.32 Å². The molecule has 0 saturated carbocycles. The van der Waals surface area contributed by atoms with Crippen molar-refractivity contribution in [3.8, 4) is 11.5 Å². The van der Waals surface area contributed by atoms with Gasteiger partial charge in [0, 0.05) is 0 Å². The number of rotatable bonds is 5. The van der Waals surface area contributed by atoms with Gasteiger partial charge in [-0.3, -0.25) is 4.79 Å². The Bertz CT molecular complexity index is 455. The van der Waals surface area contributed by atoms with Crippen LogP contribution in [0.2, 0.25) is 0 Å². The summed E-state index contributed by atoms with van der Waals surface area (Å²) in [7, 11) is 3.11. The molecule has 1 heterocycles. The van der Waals surface area contributed by atoms with Gasteiger partial charge in [-0.1, -0.05) is 6.07 Å². The van der Waals surface area contributed by atoms with E-state index in [0.717, 1.165) is 25.1 Å². The van der Waals surface area contributed by atoms with E-state index in [1.165, 1.54) is 0 Å². The highest BCUT2D eigenvalue weighted by Crippen LogP contribution is 2.35. The van der Waals surface area contributed by atoms with Crippen molar-refractivity contribution in [2.24, 2.45) is 5.92 Å². The second-order valence-corrected chi connectivity index (χ2v) is 4.68. The van der Waals surface area contributed by atoms with E-state index in [-0.39, 0.29) is 5.92 Å². The molecular formula is C14H19NO4. The van der Waals surface area contributed by atoms with E-state index in [0.29, 0.717) is 11.5 Å². The molecule has 2 atom stereocenters. The molecule has 1 aliphatic rings. The highest BCUT2D eigenvalue weighted by molar-refractivity contribution is 5.77. The first-order valence-corrected chi connectivity index (χ1v) is 6.32. The molecule has 5 heteroatoms. The molecule has 104 valence electrons. The van der Waals surface area contributed by atoms with Gasteiger partial charge in [-0.25, -0.2) is 0 Å². The maximum absolute atomic E-state index is 11.5. The Morgan fingerprint density at radius 3 is 2.63 bits per heavy atom. The minimum absolute atomic E-state index is 0.121. The lowest BCUT2D eigenvalue weighted by Gasteiger charge is -2.20. The Hall–Kier alpha value is -1.75. The summed E-state index contributed by atoms with van der Waals surface area (Å²) in [6, 6.07) is 5.32. The number of ether oxygens (including phenoxy) is 2. The zero-order valence-corrected chi connectivity index (χ0v) is 11.2. The first-order chi connectivity index (χ1) is 9.17. The Labute approximate surface area is 112 Å². The number of aliphatic carboxylic acids is 1. The fraction of sp³-hybridized carbons (Fsp3) is 0.500. The standard InChI is InChI=1S/C14H19NO4/c1-18-11-4-3-9(7-12(11)19-2)13(14(16)17)10-5-6-15-8-10/h3-4,7,10,13,15H,5-6,8H2,1-2H3,(H,16,17). The third-order valence-electron chi connectivity index (χ3n) is 3.60. The van der Waals surface area contributed by atoms with Crippen molar-refractivity contribution in [2.75, 3.05) is 27.3 Å². The Balaban J connectivity index is 2.33. The first-order valence-electron chi connectivity index (χ1n) is 6.32. The maximum Gasteiger partial charge on any atom is 0.311 e. The van der Waals surface area contributed by atoms with Crippen LogP contribution in [0.1, 0.15) is 17.9 Å². The van der Waals surface area contributed by atoms with Crippen molar-refractivity contribution < 1.29 is 19.4 Å². The van der Waals surface area contributed by atoms with Gasteiger partial charge in [0.2, 0.25) is 0 Å². The Morgan fingerprint density at radius 2 is 2.11 bits per heavy atom. The van der Waals surface area contributed by atoms with Crippen LogP contribution in [0.5, 0.6) is 11.5 Å². The predicted molar refractivity (Wildman–Crippen MR) is 70.9 cm³/mol. The van der Waals surface area contributed by atoms with Gasteiger partial charge in [-0.15, -0.1) is 0 Å². The lowest BCUT2D eigenvalue weighted by molar-refractivity contribution is -0.140. The maximum atomic E-state index is 11.5. The average molecular weight is 265 g/mol. The minimum atomic E-state index is -0.791. The molecule has 1 saturated heterocycles. The predicted octanol–water partition coefficient (Wildman–Crippen LogP) is 1.48. The van der Waals surface area contributed by atoms with E-state index < -0.39 is 11.9 Å². The molecule has 19 heavy (non-hydrogen) atoms. The van der Waals surface area contributed by atoms with Crippen molar-refractivity contribution in [3.05, 3.63) is 23.8 Å². The van der Waals surface area contributed by atoms with E-state index in [1.807, 2.05) is 0 Å². The second kappa shape index (κ2) is 5.93. The summed E-state index contributed by atoms with van der Waals surface area (Å²) in [6.45, 7) is 1.62. The van der Waals surface area contributed by atoms with Crippen molar-refractivity contribution in [3.63, 3.8) is 0 Å². The Morgan fingerprint density at radius 1 is 1.37 bits per heavy atom. The zero-order valence-electron chi connectivity index (χ0n) is 11.2. The van der Waals surface area contributed by atoms with Crippen molar-refractivity contribution in [2.45, 2.75) is 12.3 Å². The third-order valence-corrected chi connectivity index (χ3v) is 3.60. The number of carboxylic acid groups (broad SMARTS) is 1. The van der Waals surface area contributed by atoms with Gasteiger partial charge in [0.05, 0.1) is 20.1 Å². The van der Waals surface area contributed by atoms with Gasteiger partial charge in [0.25, 0.3) is 0 Å². The number of benzene rings is 1. The summed E-state index contributed by atoms with van der Waals surface area (Å²) in [4.78, 5) is 11.5. The van der Waals surface area contributed by atoms with Crippen LogP contribution in [0.3, 0.4) is 0 Å². The van der Waals surface area contributed by atoms with E-state index in [9.17, 15) is 9.90 Å². The summed E-state index contributed by atoms with van der Waals surface area (Å²) in [5, 5.41) is 12.7. The van der Waals surface area contributed by atoms with Crippen LogP contribution in [0.25, 0.3) is 0 Å². The average Bonchev–Trinajstić information content (AvgIpc) is 2.92. The lowest BCUT2D eigenvalue weighted by atomic mass is 9.85. The Kier molecular flexibility index (Phi) is 4.27. The van der Waals surface area contributed by atoms with Crippen LogP contribution < -0.4 is 14.8 Å². The summed E-state index contributed by atoms with van der Waals surface area (Å²) in [6.07, 6.45) is 0.880. The van der Waals surface area contributed by atoms with E-state index in [4.69, 9.17) is 9.47 Å². The fourth-order valence-electron chi connectivity index (χ4n) is 2.62. The molecule has 1 aromatic rings. The SMILES string of the molecule is COc1ccc(C(C(=O)O)C2CCNC2)cc1OC. The fourth-order valence-corrected chi connectivity index (χ4v) is 2.62. The minimum Gasteiger partial charge on any atom is -0.493 e. The smallest absolute Gasteiger partial charge is 0.311 e. The quantitative estimate of drug-likeness (QED) is 0.844. The summed E-state index contributed by atoms with van der Waals surface area (Å²) < 4.78 is 10.4. The molecule has 0 amide bonds. The molecule has 1 fully saturated rings. The monoisotopic (exact) mass is 265 g/mol. The van der Waals surface area contributed by atoms with Crippen molar-refractivity contribution in [1.82, 2.24) is 5.32 Å².